The molecule has 10 heavy (non-hydrogen) atoms. The van der Waals surface area contributed by atoms with Crippen molar-refractivity contribution in [3.8, 4) is 0 Å². The molecule has 0 fully saturated rings. The van der Waals surface area contributed by atoms with Crippen LogP contribution in [0.2, 0.25) is 0 Å². The van der Waals surface area contributed by atoms with Crippen molar-refractivity contribution in [3.63, 3.8) is 0 Å². The summed E-state index contributed by atoms with van der Waals surface area (Å²) in [4.78, 5) is 0. The van der Waals surface area contributed by atoms with Crippen molar-refractivity contribution in [2.24, 2.45) is 0 Å². The van der Waals surface area contributed by atoms with Gasteiger partial charge in [0.1, 0.15) is 0 Å². The fraction of sp³-hybridized carbons (Fsp3) is 0. The Hall–Kier alpha value is -0.580. The highest BCUT2D eigenvalue weighted by molar-refractivity contribution is 6.25. The molecule has 0 nitrogen and oxygen atoms in total. The van der Waals surface area contributed by atoms with Crippen molar-refractivity contribution in [2.45, 2.75) is 0 Å². The fourth-order valence-electron chi connectivity index (χ4n) is 0. The molecule has 0 aromatic carbocycles. The molecule has 0 aliphatic rings. The van der Waals surface area contributed by atoms with Crippen LogP contribution in [0.3, 0.4) is 0 Å². The largest absolute Gasteiger partial charge is 0.281 e. The van der Waals surface area contributed by atoms with Crippen LogP contribution in [0.1, 0.15) is 0 Å². The summed E-state index contributed by atoms with van der Waals surface area (Å²) in [6.07, 6.45) is -3.69. The third kappa shape index (κ3) is 152. The molecule has 0 aromatic heterocycles. The first-order chi connectivity index (χ1) is 4.00. The van der Waals surface area contributed by atoms with Gasteiger partial charge < -0.3 is 0 Å². The molecule has 0 rings (SSSR count). The topological polar surface area (TPSA) is 0 Å². The Morgan fingerprint density at radius 1 is 1.20 bits per heavy atom. The highest BCUT2D eigenvalue weighted by atomic mass is 35.5. The van der Waals surface area contributed by atoms with E-state index in [0.29, 0.717) is 0 Å². The van der Waals surface area contributed by atoms with Crippen molar-refractivity contribution >= 4 is 11.6 Å². The van der Waals surface area contributed by atoms with Crippen LogP contribution in [0.5, 0.6) is 0 Å². The zero-order valence-electron chi connectivity index (χ0n) is 4.58. The molecular weight excluding hydrogens is 178 g/mol. The van der Waals surface area contributed by atoms with Gasteiger partial charge in [0.15, 0.2) is 0 Å². The minimum atomic E-state index is -1.85. The summed E-state index contributed by atoms with van der Waals surface area (Å²) in [6, 6.07) is 0. The molecule has 0 amide bonds. The first-order valence-electron chi connectivity index (χ1n) is 1.62. The van der Waals surface area contributed by atoms with Gasteiger partial charge in [-0.05, 0) is 6.58 Å². The molecule has 0 atom stereocenters. The van der Waals surface area contributed by atoms with Crippen molar-refractivity contribution in [1.29, 1.82) is 0 Å². The average molecular weight is 183 g/mol. The molecule has 0 aromatic rings. The summed E-state index contributed by atoms with van der Waals surface area (Å²) in [7, 11) is 0. The zero-order valence-corrected chi connectivity index (χ0v) is 5.34. The normalized spacial score (nSPS) is 6.10. The summed E-state index contributed by atoms with van der Waals surface area (Å²) in [6.45, 7) is 2.22. The second-order valence-corrected chi connectivity index (χ2v) is 0.956. The van der Waals surface area contributed by atoms with Gasteiger partial charge in [0.25, 0.3) is 12.2 Å². The monoisotopic (exact) mass is 182 g/mol. The SMILES string of the molecule is C=C(F)F.F.FC(F)=CCl. The maximum Gasteiger partial charge on any atom is 0.281 e. The van der Waals surface area contributed by atoms with E-state index in [4.69, 9.17) is 0 Å². The molecule has 0 radical (unpaired) electrons. The van der Waals surface area contributed by atoms with Gasteiger partial charge in [0.05, 0.1) is 5.54 Å². The molecule has 0 aliphatic carbocycles. The molecule has 0 unspecified atom stereocenters. The van der Waals surface area contributed by atoms with Gasteiger partial charge in [-0.1, -0.05) is 11.6 Å². The van der Waals surface area contributed by atoms with Gasteiger partial charge in [-0.3, -0.25) is 4.70 Å². The van der Waals surface area contributed by atoms with E-state index >= 15 is 0 Å². The van der Waals surface area contributed by atoms with E-state index in [1.54, 1.807) is 0 Å². The quantitative estimate of drug-likeness (QED) is 0.503. The molecule has 0 saturated heterocycles. The Morgan fingerprint density at radius 2 is 1.30 bits per heavy atom. The Labute approximate surface area is 59.2 Å². The Kier molecular flexibility index (Phi) is 18.2. The standard InChI is InChI=1S/C2HClF2.C2H2F2.FH/c3-1-2(4)5;1-2(3)4;/h1H;1H2;1H. The Balaban J connectivity index is -0.0000000910. The van der Waals surface area contributed by atoms with Gasteiger partial charge in [-0.2, -0.15) is 17.6 Å². The molecule has 6 heteroatoms. The number of rotatable bonds is 0. The summed E-state index contributed by atoms with van der Waals surface area (Å²) in [5, 5.41) is 0. The van der Waals surface area contributed by atoms with Crippen molar-refractivity contribution in [2.75, 3.05) is 0 Å². The summed E-state index contributed by atoms with van der Waals surface area (Å²) in [5.74, 6) is 0. The van der Waals surface area contributed by atoms with Crippen LogP contribution in [-0.4, -0.2) is 0 Å². The lowest BCUT2D eigenvalue weighted by Crippen LogP contribution is -1.40. The molecule has 62 valence electrons. The van der Waals surface area contributed by atoms with Crippen molar-refractivity contribution < 1.29 is 22.3 Å². The van der Waals surface area contributed by atoms with E-state index in [2.05, 4.69) is 18.2 Å². The van der Waals surface area contributed by atoms with E-state index in [0.717, 1.165) is 0 Å². The molecule has 0 saturated carbocycles. The summed E-state index contributed by atoms with van der Waals surface area (Å²) >= 11 is 4.42. The van der Waals surface area contributed by atoms with Gasteiger partial charge >= 0.3 is 0 Å². The second-order valence-electron chi connectivity index (χ2n) is 0.737. The number of halogens is 6. The van der Waals surface area contributed by atoms with E-state index in [-0.39, 0.29) is 10.2 Å². The molecule has 0 bridgehead atoms. The van der Waals surface area contributed by atoms with Gasteiger partial charge in [-0.15, -0.1) is 0 Å². The average Bonchev–Trinajstić information content (AvgIpc) is 1.65. The summed E-state index contributed by atoms with van der Waals surface area (Å²) in [5.41, 5.74) is 0.222. The highest BCUT2D eigenvalue weighted by Crippen LogP contribution is 1.96. The van der Waals surface area contributed by atoms with Gasteiger partial charge in [-0.25, -0.2) is 0 Å². The van der Waals surface area contributed by atoms with Gasteiger partial charge in [0, 0.05) is 0 Å². The van der Waals surface area contributed by atoms with Crippen LogP contribution in [0, 0.1) is 0 Å². The van der Waals surface area contributed by atoms with Crippen LogP contribution < -0.4 is 0 Å². The highest BCUT2D eigenvalue weighted by Gasteiger charge is 1.76. The number of hydrogen-bond donors (Lipinski definition) is 0. The van der Waals surface area contributed by atoms with E-state index in [1.165, 1.54) is 0 Å². The van der Waals surface area contributed by atoms with Crippen molar-refractivity contribution in [3.05, 3.63) is 24.3 Å². The fourth-order valence-corrected chi connectivity index (χ4v) is 0. The predicted molar refractivity (Wildman–Crippen MR) is 30.0 cm³/mol. The van der Waals surface area contributed by atoms with Crippen molar-refractivity contribution in [1.82, 2.24) is 0 Å². The third-order valence-corrected chi connectivity index (χ3v) is 0.247. The smallest absolute Gasteiger partial charge is 0.269 e. The number of hydrogen-bond acceptors (Lipinski definition) is 0. The van der Waals surface area contributed by atoms with E-state index < -0.39 is 12.2 Å². The second kappa shape index (κ2) is 11.2. The Bertz CT molecular complexity index is 102. The minimum Gasteiger partial charge on any atom is -0.269 e. The van der Waals surface area contributed by atoms with Crippen LogP contribution >= 0.6 is 11.6 Å². The van der Waals surface area contributed by atoms with Crippen LogP contribution in [-0.2, 0) is 0 Å². The lowest BCUT2D eigenvalue weighted by molar-refractivity contribution is 0.423. The van der Waals surface area contributed by atoms with Gasteiger partial charge in [0.2, 0.25) is 0 Å². The minimum absolute atomic E-state index is 0. The van der Waals surface area contributed by atoms with Crippen LogP contribution in [0.25, 0.3) is 0 Å². The molecular formula is C4H4ClF5. The third-order valence-electron chi connectivity index (χ3n) is 0.0825. The lowest BCUT2D eigenvalue weighted by atomic mass is 11.1. The molecule has 0 aliphatic heterocycles. The molecule has 0 spiro atoms. The van der Waals surface area contributed by atoms with E-state index in [9.17, 15) is 17.6 Å². The molecule has 0 heterocycles. The summed E-state index contributed by atoms with van der Waals surface area (Å²) < 4.78 is 41.3. The first-order valence-corrected chi connectivity index (χ1v) is 2.05. The van der Waals surface area contributed by atoms with E-state index in [1.807, 2.05) is 0 Å². The maximum absolute atomic E-state index is 10.5. The Morgan fingerprint density at radius 3 is 1.30 bits per heavy atom. The lowest BCUT2D eigenvalue weighted by Gasteiger charge is -1.60. The molecule has 0 N–H and O–H groups in total. The first kappa shape index (κ1) is 16.2. The van der Waals surface area contributed by atoms with Crippen LogP contribution in [0.15, 0.2) is 24.3 Å². The van der Waals surface area contributed by atoms with Crippen LogP contribution in [0.4, 0.5) is 22.3 Å². The predicted octanol–water partition coefficient (Wildman–Crippen LogP) is 3.51. The zero-order chi connectivity index (χ0) is 7.86. The maximum atomic E-state index is 10.5.